The Hall–Kier alpha value is -1.69. The van der Waals surface area contributed by atoms with Gasteiger partial charge in [0.1, 0.15) is 11.5 Å². The summed E-state index contributed by atoms with van der Waals surface area (Å²) in [6.45, 7) is 8.65. The first-order valence-corrected chi connectivity index (χ1v) is 5.67. The van der Waals surface area contributed by atoms with Crippen LogP contribution in [0.25, 0.3) is 0 Å². The van der Waals surface area contributed by atoms with E-state index in [4.69, 9.17) is 0 Å². The minimum absolute atomic E-state index is 0.0124. The number of aliphatic hydroxyl groups is 1. The SMILES string of the molecule is Cc1nc(NC(C)(C)C(C)(C)O)ccc1[N+](=O)[O-]. The molecule has 6 heteroatoms. The van der Waals surface area contributed by atoms with E-state index in [2.05, 4.69) is 10.3 Å². The second-order valence-electron chi connectivity index (χ2n) is 5.37. The molecule has 6 nitrogen and oxygen atoms in total. The van der Waals surface area contributed by atoms with Gasteiger partial charge in [-0.15, -0.1) is 0 Å². The molecule has 1 heterocycles. The van der Waals surface area contributed by atoms with Crippen LogP contribution < -0.4 is 5.32 Å². The van der Waals surface area contributed by atoms with Crippen molar-refractivity contribution in [3.63, 3.8) is 0 Å². The molecule has 100 valence electrons. The highest BCUT2D eigenvalue weighted by atomic mass is 16.6. The zero-order chi connectivity index (χ0) is 14.1. The number of hydrogen-bond acceptors (Lipinski definition) is 5. The molecule has 1 aromatic rings. The van der Waals surface area contributed by atoms with E-state index in [0.29, 0.717) is 11.5 Å². The van der Waals surface area contributed by atoms with Gasteiger partial charge in [-0.25, -0.2) is 4.98 Å². The number of pyridine rings is 1. The highest BCUT2D eigenvalue weighted by Crippen LogP contribution is 2.26. The molecule has 0 radical (unpaired) electrons. The van der Waals surface area contributed by atoms with E-state index < -0.39 is 16.1 Å². The van der Waals surface area contributed by atoms with Crippen LogP contribution in [0.4, 0.5) is 11.5 Å². The molecule has 0 saturated carbocycles. The van der Waals surface area contributed by atoms with Crippen molar-refractivity contribution < 1.29 is 10.0 Å². The summed E-state index contributed by atoms with van der Waals surface area (Å²) in [7, 11) is 0. The van der Waals surface area contributed by atoms with E-state index in [0.717, 1.165) is 0 Å². The van der Waals surface area contributed by atoms with Gasteiger partial charge in [0.05, 0.1) is 16.1 Å². The normalized spacial score (nSPS) is 12.3. The number of aryl methyl sites for hydroxylation is 1. The molecule has 2 N–H and O–H groups in total. The first kappa shape index (κ1) is 14.4. The smallest absolute Gasteiger partial charge is 0.290 e. The van der Waals surface area contributed by atoms with Gasteiger partial charge in [-0.3, -0.25) is 10.1 Å². The number of hydrogen-bond donors (Lipinski definition) is 2. The first-order valence-electron chi connectivity index (χ1n) is 5.67. The molecule has 0 aromatic carbocycles. The average molecular weight is 253 g/mol. The van der Waals surface area contributed by atoms with Crippen molar-refractivity contribution >= 4 is 11.5 Å². The van der Waals surface area contributed by atoms with E-state index in [-0.39, 0.29) is 5.69 Å². The van der Waals surface area contributed by atoms with Crippen molar-refractivity contribution in [2.75, 3.05) is 5.32 Å². The quantitative estimate of drug-likeness (QED) is 0.634. The maximum absolute atomic E-state index is 10.7. The van der Waals surface area contributed by atoms with Crippen LogP contribution >= 0.6 is 0 Å². The molecule has 0 aliphatic rings. The largest absolute Gasteiger partial charge is 0.388 e. The number of anilines is 1. The van der Waals surface area contributed by atoms with Gasteiger partial charge >= 0.3 is 0 Å². The molecular weight excluding hydrogens is 234 g/mol. The van der Waals surface area contributed by atoms with Crippen LogP contribution in [0.15, 0.2) is 12.1 Å². The lowest BCUT2D eigenvalue weighted by atomic mass is 9.86. The molecular formula is C12H19N3O3. The van der Waals surface area contributed by atoms with E-state index in [1.165, 1.54) is 6.07 Å². The van der Waals surface area contributed by atoms with E-state index >= 15 is 0 Å². The van der Waals surface area contributed by atoms with Gasteiger partial charge in [-0.2, -0.15) is 0 Å². The molecule has 18 heavy (non-hydrogen) atoms. The average Bonchev–Trinajstić information content (AvgIpc) is 2.14. The fourth-order valence-electron chi connectivity index (χ4n) is 1.29. The predicted molar refractivity (Wildman–Crippen MR) is 69.6 cm³/mol. The Morgan fingerprint density at radius 1 is 1.33 bits per heavy atom. The van der Waals surface area contributed by atoms with Crippen molar-refractivity contribution in [2.24, 2.45) is 0 Å². The lowest BCUT2D eigenvalue weighted by Gasteiger charge is -2.38. The van der Waals surface area contributed by atoms with Gasteiger partial charge in [-0.05, 0) is 40.7 Å². The molecule has 0 unspecified atom stereocenters. The maximum atomic E-state index is 10.7. The van der Waals surface area contributed by atoms with E-state index in [1.54, 1.807) is 26.8 Å². The number of nitrogens with one attached hydrogen (secondary N) is 1. The molecule has 0 aliphatic heterocycles. The third-order valence-corrected chi connectivity index (χ3v) is 3.22. The van der Waals surface area contributed by atoms with Crippen LogP contribution in [-0.2, 0) is 0 Å². The summed E-state index contributed by atoms with van der Waals surface area (Å²) >= 11 is 0. The van der Waals surface area contributed by atoms with Gasteiger partial charge in [-0.1, -0.05) is 0 Å². The Morgan fingerprint density at radius 3 is 2.28 bits per heavy atom. The Bertz CT molecular complexity index is 464. The number of rotatable bonds is 4. The van der Waals surface area contributed by atoms with Crippen molar-refractivity contribution in [2.45, 2.75) is 45.8 Å². The van der Waals surface area contributed by atoms with Gasteiger partial charge in [0.15, 0.2) is 0 Å². The summed E-state index contributed by atoms with van der Waals surface area (Å²) in [5.74, 6) is 0.505. The Kier molecular flexibility index (Phi) is 3.62. The Labute approximate surface area is 106 Å². The van der Waals surface area contributed by atoms with E-state index in [1.807, 2.05) is 13.8 Å². The van der Waals surface area contributed by atoms with Crippen molar-refractivity contribution in [1.29, 1.82) is 0 Å². The first-order chi connectivity index (χ1) is 8.04. The fourth-order valence-corrected chi connectivity index (χ4v) is 1.29. The summed E-state index contributed by atoms with van der Waals surface area (Å²) in [6, 6.07) is 2.95. The lowest BCUT2D eigenvalue weighted by Crippen LogP contribution is -2.51. The minimum Gasteiger partial charge on any atom is -0.388 e. The molecule has 0 bridgehead atoms. The molecule has 0 fully saturated rings. The van der Waals surface area contributed by atoms with Crippen LogP contribution in [0.2, 0.25) is 0 Å². The maximum Gasteiger partial charge on any atom is 0.290 e. The number of nitrogens with zero attached hydrogens (tertiary/aromatic N) is 2. The van der Waals surface area contributed by atoms with Crippen LogP contribution in [0.5, 0.6) is 0 Å². The van der Waals surface area contributed by atoms with Crippen molar-refractivity contribution in [3.8, 4) is 0 Å². The number of aromatic nitrogens is 1. The Balaban J connectivity index is 3.01. The highest BCUT2D eigenvalue weighted by molar-refractivity contribution is 5.46. The summed E-state index contributed by atoms with van der Waals surface area (Å²) in [4.78, 5) is 14.3. The van der Waals surface area contributed by atoms with Crippen LogP contribution in [-0.4, -0.2) is 26.2 Å². The standard InChI is InChI=1S/C12H19N3O3/c1-8-9(15(17)18)6-7-10(13-8)14-11(2,3)12(4,5)16/h6-7,16H,1-5H3,(H,13,14). The highest BCUT2D eigenvalue weighted by Gasteiger charge is 2.35. The van der Waals surface area contributed by atoms with Gasteiger partial charge in [0.2, 0.25) is 0 Å². The fraction of sp³-hybridized carbons (Fsp3) is 0.583. The Morgan fingerprint density at radius 2 is 1.89 bits per heavy atom. The molecule has 0 spiro atoms. The minimum atomic E-state index is -0.954. The summed E-state index contributed by atoms with van der Waals surface area (Å²) < 4.78 is 0. The zero-order valence-corrected chi connectivity index (χ0v) is 11.3. The molecule has 0 atom stereocenters. The molecule has 0 amide bonds. The molecule has 1 rings (SSSR count). The second-order valence-corrected chi connectivity index (χ2v) is 5.37. The van der Waals surface area contributed by atoms with Gasteiger partial charge < -0.3 is 10.4 Å². The molecule has 0 saturated heterocycles. The van der Waals surface area contributed by atoms with Gasteiger partial charge in [0.25, 0.3) is 5.69 Å². The zero-order valence-electron chi connectivity index (χ0n) is 11.3. The topological polar surface area (TPSA) is 88.3 Å². The molecule has 0 aliphatic carbocycles. The molecule has 1 aromatic heterocycles. The van der Waals surface area contributed by atoms with Crippen LogP contribution in [0, 0.1) is 17.0 Å². The third-order valence-electron chi connectivity index (χ3n) is 3.22. The number of nitro groups is 1. The van der Waals surface area contributed by atoms with Crippen molar-refractivity contribution in [1.82, 2.24) is 4.98 Å². The summed E-state index contributed by atoms with van der Waals surface area (Å²) in [5, 5.41) is 23.8. The van der Waals surface area contributed by atoms with Gasteiger partial charge in [0, 0.05) is 6.07 Å². The van der Waals surface area contributed by atoms with E-state index in [9.17, 15) is 15.2 Å². The van der Waals surface area contributed by atoms with Crippen LogP contribution in [0.3, 0.4) is 0 Å². The predicted octanol–water partition coefficient (Wildman–Crippen LogP) is 2.26. The summed E-state index contributed by atoms with van der Waals surface area (Å²) in [5.41, 5.74) is -1.23. The third kappa shape index (κ3) is 2.95. The summed E-state index contributed by atoms with van der Waals surface area (Å²) in [6.07, 6.45) is 0. The lowest BCUT2D eigenvalue weighted by molar-refractivity contribution is -0.385. The second kappa shape index (κ2) is 4.53. The van der Waals surface area contributed by atoms with Crippen molar-refractivity contribution in [3.05, 3.63) is 27.9 Å². The van der Waals surface area contributed by atoms with Crippen LogP contribution in [0.1, 0.15) is 33.4 Å². The monoisotopic (exact) mass is 253 g/mol.